The topological polar surface area (TPSA) is 48.0 Å². The second-order valence-corrected chi connectivity index (χ2v) is 4.90. The summed E-state index contributed by atoms with van der Waals surface area (Å²) in [6.07, 6.45) is 0. The van der Waals surface area contributed by atoms with Gasteiger partial charge in [-0.1, -0.05) is 0 Å². The van der Waals surface area contributed by atoms with Gasteiger partial charge in [-0.25, -0.2) is 4.79 Å². The monoisotopic (exact) mass is 256 g/mol. The number of hydrogen-bond donors (Lipinski definition) is 1. The highest BCUT2D eigenvalue weighted by atomic mass is 16.5. The number of ether oxygens (including phenoxy) is 1. The molecule has 0 spiro atoms. The van der Waals surface area contributed by atoms with Crippen molar-refractivity contribution in [3.05, 3.63) is 0 Å². The van der Waals surface area contributed by atoms with Gasteiger partial charge in [0.1, 0.15) is 0 Å². The molecule has 2 aliphatic heterocycles. The Kier molecular flexibility index (Phi) is 5.22. The molecule has 1 N–H and O–H groups in total. The van der Waals surface area contributed by atoms with Gasteiger partial charge >= 0.3 is 6.03 Å². The summed E-state index contributed by atoms with van der Waals surface area (Å²) < 4.78 is 5.26. The Morgan fingerprint density at radius 1 is 1.22 bits per heavy atom. The molecule has 0 aliphatic carbocycles. The maximum absolute atomic E-state index is 12.1. The lowest BCUT2D eigenvalue weighted by Crippen LogP contribution is -2.50. The molecule has 0 radical (unpaired) electrons. The van der Waals surface area contributed by atoms with Crippen molar-refractivity contribution in [1.82, 2.24) is 20.0 Å². The van der Waals surface area contributed by atoms with Crippen molar-refractivity contribution in [2.24, 2.45) is 0 Å². The molecular formula is C12H24N4O2. The fraction of sp³-hybridized carbons (Fsp3) is 0.917. The van der Waals surface area contributed by atoms with Crippen LogP contribution in [0.5, 0.6) is 0 Å². The summed E-state index contributed by atoms with van der Waals surface area (Å²) in [6.45, 7) is 8.81. The second-order valence-electron chi connectivity index (χ2n) is 4.90. The number of carbonyl (C=O) groups excluding carboxylic acids is 1. The first-order valence-corrected chi connectivity index (χ1v) is 6.78. The van der Waals surface area contributed by atoms with Crippen LogP contribution in [0.25, 0.3) is 0 Å². The Labute approximate surface area is 109 Å². The molecular weight excluding hydrogens is 232 g/mol. The molecule has 6 nitrogen and oxygen atoms in total. The normalized spacial score (nSPS) is 21.9. The van der Waals surface area contributed by atoms with Crippen molar-refractivity contribution in [3.63, 3.8) is 0 Å². The zero-order valence-corrected chi connectivity index (χ0v) is 11.2. The molecule has 0 aromatic rings. The number of carbonyl (C=O) groups is 1. The second kappa shape index (κ2) is 6.92. The van der Waals surface area contributed by atoms with E-state index < -0.39 is 0 Å². The summed E-state index contributed by atoms with van der Waals surface area (Å²) in [4.78, 5) is 18.2. The van der Waals surface area contributed by atoms with E-state index in [2.05, 4.69) is 10.2 Å². The molecule has 2 amide bonds. The molecule has 6 heteroatoms. The molecule has 2 saturated heterocycles. The molecule has 0 aromatic heterocycles. The lowest BCUT2D eigenvalue weighted by Gasteiger charge is -2.33. The highest BCUT2D eigenvalue weighted by molar-refractivity contribution is 5.74. The summed E-state index contributed by atoms with van der Waals surface area (Å²) in [5, 5.41) is 3.33. The first-order chi connectivity index (χ1) is 8.77. The van der Waals surface area contributed by atoms with Crippen molar-refractivity contribution in [2.75, 3.05) is 72.6 Å². The largest absolute Gasteiger partial charge is 0.378 e. The Morgan fingerprint density at radius 3 is 2.56 bits per heavy atom. The first kappa shape index (κ1) is 13.6. The van der Waals surface area contributed by atoms with Crippen LogP contribution >= 0.6 is 0 Å². The minimum Gasteiger partial charge on any atom is -0.378 e. The third-order valence-electron chi connectivity index (χ3n) is 3.57. The van der Waals surface area contributed by atoms with Gasteiger partial charge in [0.2, 0.25) is 0 Å². The van der Waals surface area contributed by atoms with Crippen LogP contribution in [-0.4, -0.2) is 93.4 Å². The van der Waals surface area contributed by atoms with Gasteiger partial charge in [0, 0.05) is 59.4 Å². The van der Waals surface area contributed by atoms with E-state index in [0.29, 0.717) is 13.2 Å². The first-order valence-electron chi connectivity index (χ1n) is 6.78. The number of urea groups is 1. The molecule has 18 heavy (non-hydrogen) atoms. The molecule has 0 bridgehead atoms. The van der Waals surface area contributed by atoms with Gasteiger partial charge in [-0.2, -0.15) is 0 Å². The average molecular weight is 256 g/mol. The quantitative estimate of drug-likeness (QED) is 0.724. The lowest BCUT2D eigenvalue weighted by atomic mass is 10.3. The molecule has 2 aliphatic rings. The van der Waals surface area contributed by atoms with Crippen LogP contribution in [0.4, 0.5) is 4.79 Å². The molecule has 2 rings (SSSR count). The van der Waals surface area contributed by atoms with Crippen LogP contribution in [-0.2, 0) is 4.74 Å². The number of nitrogens with zero attached hydrogens (tertiary/aromatic N) is 3. The average Bonchev–Trinajstić information content (AvgIpc) is 2.46. The predicted octanol–water partition coefficient (Wildman–Crippen LogP) is -0.724. The molecule has 104 valence electrons. The van der Waals surface area contributed by atoms with Crippen LogP contribution in [0.2, 0.25) is 0 Å². The summed E-state index contributed by atoms with van der Waals surface area (Å²) in [5.41, 5.74) is 0. The molecule has 0 saturated carbocycles. The molecule has 2 heterocycles. The number of morpholine rings is 1. The van der Waals surface area contributed by atoms with E-state index in [1.165, 1.54) is 0 Å². The Hall–Kier alpha value is -0.850. The van der Waals surface area contributed by atoms with E-state index in [0.717, 1.165) is 52.4 Å². The smallest absolute Gasteiger partial charge is 0.319 e. The van der Waals surface area contributed by atoms with E-state index in [-0.39, 0.29) is 6.03 Å². The van der Waals surface area contributed by atoms with Crippen LogP contribution < -0.4 is 5.32 Å². The maximum atomic E-state index is 12.1. The minimum atomic E-state index is 0.133. The van der Waals surface area contributed by atoms with E-state index in [1.54, 1.807) is 0 Å². The number of piperazine rings is 1. The van der Waals surface area contributed by atoms with Gasteiger partial charge < -0.3 is 19.9 Å². The van der Waals surface area contributed by atoms with Crippen molar-refractivity contribution in [2.45, 2.75) is 0 Å². The van der Waals surface area contributed by atoms with Gasteiger partial charge in [-0.3, -0.25) is 4.90 Å². The molecule has 2 fully saturated rings. The van der Waals surface area contributed by atoms with Crippen LogP contribution in [0.3, 0.4) is 0 Å². The SMILES string of the molecule is CN(CCN1CCNCC1)C(=O)N1CCOCC1. The standard InChI is InChI=1S/C12H24N4O2/c1-14(6-7-15-4-2-13-3-5-15)12(17)16-8-10-18-11-9-16/h13H,2-11H2,1H3. The molecule has 0 atom stereocenters. The third kappa shape index (κ3) is 3.83. The van der Waals surface area contributed by atoms with Crippen LogP contribution in [0.15, 0.2) is 0 Å². The number of nitrogens with one attached hydrogen (secondary N) is 1. The van der Waals surface area contributed by atoms with Gasteiger partial charge in [0.25, 0.3) is 0 Å². The molecule has 0 aromatic carbocycles. The summed E-state index contributed by atoms with van der Waals surface area (Å²) in [6, 6.07) is 0.133. The molecule has 0 unspecified atom stereocenters. The minimum absolute atomic E-state index is 0.133. The number of rotatable bonds is 3. The third-order valence-corrected chi connectivity index (χ3v) is 3.57. The van der Waals surface area contributed by atoms with E-state index in [1.807, 2.05) is 16.8 Å². The van der Waals surface area contributed by atoms with Crippen LogP contribution in [0, 0.1) is 0 Å². The highest BCUT2D eigenvalue weighted by Crippen LogP contribution is 2.02. The fourth-order valence-corrected chi connectivity index (χ4v) is 2.32. The van der Waals surface area contributed by atoms with Crippen molar-refractivity contribution in [1.29, 1.82) is 0 Å². The van der Waals surface area contributed by atoms with Gasteiger partial charge in [-0.05, 0) is 0 Å². The van der Waals surface area contributed by atoms with E-state index in [4.69, 9.17) is 4.74 Å². The van der Waals surface area contributed by atoms with E-state index >= 15 is 0 Å². The summed E-state index contributed by atoms with van der Waals surface area (Å²) in [5.74, 6) is 0. The number of likely N-dealkylation sites (N-methyl/N-ethyl adjacent to an activating group) is 1. The fourth-order valence-electron chi connectivity index (χ4n) is 2.32. The Morgan fingerprint density at radius 2 is 1.89 bits per heavy atom. The Balaban J connectivity index is 1.69. The number of amides is 2. The predicted molar refractivity (Wildman–Crippen MR) is 69.7 cm³/mol. The maximum Gasteiger partial charge on any atom is 0.319 e. The summed E-state index contributed by atoms with van der Waals surface area (Å²) >= 11 is 0. The van der Waals surface area contributed by atoms with Gasteiger partial charge in [0.05, 0.1) is 13.2 Å². The van der Waals surface area contributed by atoms with Crippen molar-refractivity contribution in [3.8, 4) is 0 Å². The van der Waals surface area contributed by atoms with Crippen molar-refractivity contribution < 1.29 is 9.53 Å². The van der Waals surface area contributed by atoms with Crippen LogP contribution in [0.1, 0.15) is 0 Å². The van der Waals surface area contributed by atoms with E-state index in [9.17, 15) is 4.79 Å². The zero-order chi connectivity index (χ0) is 12.8. The number of hydrogen-bond acceptors (Lipinski definition) is 4. The zero-order valence-electron chi connectivity index (χ0n) is 11.2. The highest BCUT2D eigenvalue weighted by Gasteiger charge is 2.20. The van der Waals surface area contributed by atoms with Gasteiger partial charge in [-0.15, -0.1) is 0 Å². The van der Waals surface area contributed by atoms with Crippen molar-refractivity contribution >= 4 is 6.03 Å². The van der Waals surface area contributed by atoms with Gasteiger partial charge in [0.15, 0.2) is 0 Å². The Bertz CT molecular complexity index is 263. The lowest BCUT2D eigenvalue weighted by molar-refractivity contribution is 0.0445. The summed E-state index contributed by atoms with van der Waals surface area (Å²) in [7, 11) is 1.89.